The van der Waals surface area contributed by atoms with Gasteiger partial charge < -0.3 is 9.47 Å². The van der Waals surface area contributed by atoms with Crippen molar-refractivity contribution in [3.63, 3.8) is 0 Å². The van der Waals surface area contributed by atoms with Crippen LogP contribution in [0, 0.1) is 18.8 Å². The molecule has 1 aromatic heterocycles. The van der Waals surface area contributed by atoms with Crippen molar-refractivity contribution >= 4 is 5.91 Å². The third-order valence-electron chi connectivity index (χ3n) is 6.00. The maximum Gasteiger partial charge on any atom is 0.225 e. The Labute approximate surface area is 139 Å². The first kappa shape index (κ1) is 15.2. The summed E-state index contributed by atoms with van der Waals surface area (Å²) in [6.07, 6.45) is 11.8. The van der Waals surface area contributed by atoms with Crippen molar-refractivity contribution < 1.29 is 4.79 Å². The summed E-state index contributed by atoms with van der Waals surface area (Å²) < 4.78 is 2.44. The summed E-state index contributed by atoms with van der Waals surface area (Å²) in [5.41, 5.74) is 1.28. The maximum absolute atomic E-state index is 12.7. The zero-order valence-electron chi connectivity index (χ0n) is 14.3. The molecule has 0 spiro atoms. The van der Waals surface area contributed by atoms with E-state index >= 15 is 0 Å². The molecular weight excluding hydrogens is 286 g/mol. The van der Waals surface area contributed by atoms with Crippen molar-refractivity contribution in [2.75, 3.05) is 13.1 Å². The van der Waals surface area contributed by atoms with Crippen molar-refractivity contribution in [3.05, 3.63) is 17.7 Å². The molecule has 23 heavy (non-hydrogen) atoms. The van der Waals surface area contributed by atoms with E-state index in [0.29, 0.717) is 23.7 Å². The highest BCUT2D eigenvalue weighted by Crippen LogP contribution is 2.40. The van der Waals surface area contributed by atoms with Gasteiger partial charge in [-0.25, -0.2) is 4.98 Å². The summed E-state index contributed by atoms with van der Waals surface area (Å²) >= 11 is 0. The van der Waals surface area contributed by atoms with Crippen molar-refractivity contribution in [3.8, 4) is 0 Å². The number of amides is 1. The topological polar surface area (TPSA) is 38.1 Å². The molecule has 4 rings (SSSR count). The van der Waals surface area contributed by atoms with E-state index in [9.17, 15) is 4.79 Å². The van der Waals surface area contributed by atoms with Gasteiger partial charge in [-0.1, -0.05) is 12.8 Å². The third kappa shape index (κ3) is 3.17. The number of carbonyl (C=O) groups excluding carboxylic acids is 1. The molecule has 3 aliphatic rings. The molecule has 1 saturated heterocycles. The number of nitrogens with zero attached hydrogens (tertiary/aromatic N) is 3. The number of aromatic nitrogens is 2. The van der Waals surface area contributed by atoms with E-state index < -0.39 is 0 Å². The number of hydrogen-bond donors (Lipinski definition) is 0. The fourth-order valence-corrected chi connectivity index (χ4v) is 4.49. The maximum atomic E-state index is 12.7. The van der Waals surface area contributed by atoms with E-state index in [1.807, 2.05) is 6.20 Å². The monoisotopic (exact) mass is 315 g/mol. The molecule has 0 bridgehead atoms. The largest absolute Gasteiger partial charge is 0.342 e. The highest BCUT2D eigenvalue weighted by Gasteiger charge is 2.32. The molecule has 1 aliphatic heterocycles. The van der Waals surface area contributed by atoms with Gasteiger partial charge in [0, 0.05) is 43.4 Å². The van der Waals surface area contributed by atoms with Gasteiger partial charge in [0.15, 0.2) is 0 Å². The lowest BCUT2D eigenvalue weighted by Crippen LogP contribution is -2.43. The Morgan fingerprint density at radius 3 is 2.70 bits per heavy atom. The lowest BCUT2D eigenvalue weighted by atomic mass is 9.95. The van der Waals surface area contributed by atoms with E-state index in [2.05, 4.69) is 21.4 Å². The fraction of sp³-hybridized carbons (Fsp3) is 0.789. The zero-order valence-corrected chi connectivity index (χ0v) is 14.3. The second-order valence-electron chi connectivity index (χ2n) is 7.92. The number of imidazole rings is 1. The van der Waals surface area contributed by atoms with Gasteiger partial charge in [0.25, 0.3) is 0 Å². The third-order valence-corrected chi connectivity index (χ3v) is 6.00. The van der Waals surface area contributed by atoms with Crippen molar-refractivity contribution in [1.29, 1.82) is 0 Å². The fourth-order valence-electron chi connectivity index (χ4n) is 4.49. The van der Waals surface area contributed by atoms with Crippen LogP contribution in [0.3, 0.4) is 0 Å². The van der Waals surface area contributed by atoms with Crippen molar-refractivity contribution in [2.24, 2.45) is 11.8 Å². The normalized spacial score (nSPS) is 26.0. The molecule has 1 amide bonds. The van der Waals surface area contributed by atoms with Crippen LogP contribution in [-0.4, -0.2) is 33.4 Å². The van der Waals surface area contributed by atoms with Gasteiger partial charge in [0.05, 0.1) is 0 Å². The van der Waals surface area contributed by atoms with Gasteiger partial charge in [-0.3, -0.25) is 4.79 Å². The molecule has 0 radical (unpaired) electrons. The van der Waals surface area contributed by atoms with Crippen LogP contribution in [0.1, 0.15) is 68.8 Å². The number of rotatable bonds is 4. The highest BCUT2D eigenvalue weighted by atomic mass is 16.2. The smallest absolute Gasteiger partial charge is 0.225 e. The van der Waals surface area contributed by atoms with Crippen molar-refractivity contribution in [1.82, 2.24) is 14.5 Å². The molecule has 0 aromatic carbocycles. The van der Waals surface area contributed by atoms with E-state index in [1.165, 1.54) is 43.6 Å². The quantitative estimate of drug-likeness (QED) is 0.853. The minimum absolute atomic E-state index is 0.325. The van der Waals surface area contributed by atoms with Gasteiger partial charge >= 0.3 is 0 Å². The highest BCUT2D eigenvalue weighted by molar-refractivity contribution is 5.79. The second-order valence-corrected chi connectivity index (χ2v) is 7.92. The SMILES string of the molecule is Cc1cnc(C2CC2)n1CC1CCCN(C(=O)C2CCCC2)C1. The Balaban J connectivity index is 1.41. The van der Waals surface area contributed by atoms with Crippen LogP contribution in [0.25, 0.3) is 0 Å². The summed E-state index contributed by atoms with van der Waals surface area (Å²) in [6.45, 7) is 5.15. The minimum Gasteiger partial charge on any atom is -0.342 e. The number of carbonyl (C=O) groups is 1. The lowest BCUT2D eigenvalue weighted by Gasteiger charge is -2.35. The molecule has 4 heteroatoms. The number of likely N-dealkylation sites (tertiary alicyclic amines) is 1. The van der Waals surface area contributed by atoms with Crippen LogP contribution in [0.2, 0.25) is 0 Å². The number of hydrogen-bond acceptors (Lipinski definition) is 2. The summed E-state index contributed by atoms with van der Waals surface area (Å²) in [5, 5.41) is 0. The predicted molar refractivity (Wildman–Crippen MR) is 90.2 cm³/mol. The first-order valence-corrected chi connectivity index (χ1v) is 9.53. The minimum atomic E-state index is 0.325. The Morgan fingerprint density at radius 1 is 1.17 bits per heavy atom. The van der Waals surface area contributed by atoms with Crippen LogP contribution < -0.4 is 0 Å². The van der Waals surface area contributed by atoms with E-state index in [0.717, 1.165) is 38.9 Å². The molecule has 1 atom stereocenters. The summed E-state index contributed by atoms with van der Waals surface area (Å²) in [4.78, 5) is 19.5. The number of aryl methyl sites for hydroxylation is 1. The lowest BCUT2D eigenvalue weighted by molar-refractivity contribution is -0.137. The Hall–Kier alpha value is -1.32. The summed E-state index contributed by atoms with van der Waals surface area (Å²) in [7, 11) is 0. The molecule has 2 heterocycles. The Morgan fingerprint density at radius 2 is 1.96 bits per heavy atom. The van der Waals surface area contributed by atoms with Crippen LogP contribution in [0.4, 0.5) is 0 Å². The van der Waals surface area contributed by atoms with Gasteiger partial charge in [-0.15, -0.1) is 0 Å². The van der Waals surface area contributed by atoms with Gasteiger partial charge in [0.2, 0.25) is 5.91 Å². The standard InChI is InChI=1S/C19H29N3O/c1-14-11-20-18(16-8-9-16)22(14)13-15-5-4-10-21(12-15)19(23)17-6-2-3-7-17/h11,15-17H,2-10,12-13H2,1H3. The molecule has 1 unspecified atom stereocenters. The average molecular weight is 315 g/mol. The van der Waals surface area contributed by atoms with E-state index in [1.54, 1.807) is 0 Å². The van der Waals surface area contributed by atoms with E-state index in [-0.39, 0.29) is 0 Å². The van der Waals surface area contributed by atoms with Gasteiger partial charge in [0.1, 0.15) is 5.82 Å². The van der Waals surface area contributed by atoms with Crippen LogP contribution >= 0.6 is 0 Å². The molecule has 126 valence electrons. The Kier molecular flexibility index (Phi) is 4.16. The molecule has 2 saturated carbocycles. The van der Waals surface area contributed by atoms with Crippen molar-refractivity contribution in [2.45, 2.75) is 70.8 Å². The molecule has 3 fully saturated rings. The molecule has 1 aromatic rings. The summed E-state index contributed by atoms with van der Waals surface area (Å²) in [5.74, 6) is 3.35. The predicted octanol–water partition coefficient (Wildman–Crippen LogP) is 3.50. The van der Waals surface area contributed by atoms with Gasteiger partial charge in [-0.2, -0.15) is 0 Å². The Bertz CT molecular complexity index is 569. The molecule has 2 aliphatic carbocycles. The van der Waals surface area contributed by atoms with Crippen LogP contribution in [0.15, 0.2) is 6.20 Å². The molecule has 0 N–H and O–H groups in total. The first-order chi connectivity index (χ1) is 11.2. The van der Waals surface area contributed by atoms with Crippen LogP contribution in [-0.2, 0) is 11.3 Å². The summed E-state index contributed by atoms with van der Waals surface area (Å²) in [6, 6.07) is 0. The average Bonchev–Trinajstić information content (AvgIpc) is 3.13. The van der Waals surface area contributed by atoms with E-state index in [4.69, 9.17) is 0 Å². The zero-order chi connectivity index (χ0) is 15.8. The first-order valence-electron chi connectivity index (χ1n) is 9.53. The molecular formula is C19H29N3O. The molecule has 4 nitrogen and oxygen atoms in total. The number of piperidine rings is 1. The van der Waals surface area contributed by atoms with Gasteiger partial charge in [-0.05, 0) is 51.4 Å². The van der Waals surface area contributed by atoms with Crippen LogP contribution in [0.5, 0.6) is 0 Å². The second kappa shape index (κ2) is 6.29.